The first kappa shape index (κ1) is 26.5. The standard InChI is InChI=1S/C30H36N6O4/c1-34-27(36-15-14-26(38)33-30(36)39)16-31-29(34)24-13-10-21-18-35(25(19-37)28(21)32-24)17-20-8-11-23(12-9-20)40-22-6-4-2-3-5-7-22/h8-13,16,22,25,37H,2-7,14-15,17-19H2,1H3,(H,33,38,39). The molecule has 6 rings (SSSR count). The number of nitrogens with one attached hydrogen (secondary N) is 1. The van der Waals surface area contributed by atoms with Crippen LogP contribution in [0.15, 0.2) is 42.6 Å². The third-order valence-electron chi connectivity index (χ3n) is 8.25. The number of carbonyl (C=O) groups excluding carboxylic acids is 2. The van der Waals surface area contributed by atoms with E-state index in [1.807, 2.05) is 23.7 Å². The lowest BCUT2D eigenvalue weighted by Gasteiger charge is -2.26. The van der Waals surface area contributed by atoms with Crippen LogP contribution < -0.4 is 15.0 Å². The number of nitrogens with zero attached hydrogens (tertiary/aromatic N) is 5. The Hall–Kier alpha value is -3.76. The van der Waals surface area contributed by atoms with E-state index in [1.165, 1.54) is 30.6 Å². The van der Waals surface area contributed by atoms with Crippen LogP contribution in [0.2, 0.25) is 0 Å². The number of anilines is 1. The third kappa shape index (κ3) is 5.33. The number of imidazole rings is 1. The molecule has 1 aromatic carbocycles. The first-order chi connectivity index (χ1) is 19.5. The van der Waals surface area contributed by atoms with Gasteiger partial charge in [0.25, 0.3) is 0 Å². The average molecular weight is 545 g/mol. The Labute approximate surface area is 234 Å². The largest absolute Gasteiger partial charge is 0.490 e. The number of fused-ring (bicyclic) bond motifs is 1. The molecule has 1 saturated carbocycles. The smallest absolute Gasteiger partial charge is 0.329 e. The van der Waals surface area contributed by atoms with Gasteiger partial charge in [-0.05, 0) is 55.0 Å². The predicted octanol–water partition coefficient (Wildman–Crippen LogP) is 4.08. The van der Waals surface area contributed by atoms with Gasteiger partial charge < -0.3 is 14.4 Å². The molecule has 3 aliphatic rings. The molecular weight excluding hydrogens is 508 g/mol. The van der Waals surface area contributed by atoms with Crippen LogP contribution in [0.5, 0.6) is 5.75 Å². The van der Waals surface area contributed by atoms with Crippen LogP contribution in [0.25, 0.3) is 11.5 Å². The zero-order valence-electron chi connectivity index (χ0n) is 22.9. The number of aliphatic hydroxyl groups is 1. The van der Waals surface area contributed by atoms with Gasteiger partial charge >= 0.3 is 6.03 Å². The van der Waals surface area contributed by atoms with Gasteiger partial charge in [-0.25, -0.2) is 14.8 Å². The fraction of sp³-hybridized carbons (Fsp3) is 0.467. The van der Waals surface area contributed by atoms with Crippen molar-refractivity contribution in [1.82, 2.24) is 24.8 Å². The molecule has 10 heteroatoms. The summed E-state index contributed by atoms with van der Waals surface area (Å²) in [5.74, 6) is 1.85. The van der Waals surface area contributed by atoms with Gasteiger partial charge in [0, 0.05) is 33.1 Å². The number of rotatable bonds is 7. The maximum Gasteiger partial charge on any atom is 0.329 e. The Morgan fingerprint density at radius 3 is 2.55 bits per heavy atom. The number of hydrogen-bond donors (Lipinski definition) is 2. The van der Waals surface area contributed by atoms with Crippen LogP contribution in [-0.2, 0) is 24.9 Å². The van der Waals surface area contributed by atoms with Crippen molar-refractivity contribution in [1.29, 1.82) is 0 Å². The van der Waals surface area contributed by atoms with Crippen molar-refractivity contribution in [3.63, 3.8) is 0 Å². The van der Waals surface area contributed by atoms with Gasteiger partial charge in [0.05, 0.1) is 30.6 Å². The van der Waals surface area contributed by atoms with Gasteiger partial charge in [-0.2, -0.15) is 0 Å². The molecule has 2 aliphatic heterocycles. The highest BCUT2D eigenvalue weighted by atomic mass is 16.5. The molecule has 4 heterocycles. The molecule has 3 aromatic rings. The normalized spacial score (nSPS) is 20.4. The molecule has 1 saturated heterocycles. The number of aliphatic hydroxyl groups excluding tert-OH is 1. The molecule has 1 atom stereocenters. The second-order valence-corrected chi connectivity index (χ2v) is 11.0. The van der Waals surface area contributed by atoms with Gasteiger partial charge in [-0.3, -0.25) is 19.9 Å². The van der Waals surface area contributed by atoms with E-state index in [1.54, 1.807) is 6.20 Å². The van der Waals surface area contributed by atoms with Crippen molar-refractivity contribution in [2.75, 3.05) is 18.1 Å². The van der Waals surface area contributed by atoms with E-state index in [2.05, 4.69) is 39.5 Å². The summed E-state index contributed by atoms with van der Waals surface area (Å²) in [6, 6.07) is 11.6. The van der Waals surface area contributed by atoms with E-state index in [0.29, 0.717) is 43.1 Å². The second kappa shape index (κ2) is 11.4. The van der Waals surface area contributed by atoms with Crippen molar-refractivity contribution in [2.24, 2.45) is 7.05 Å². The number of carbonyl (C=O) groups is 2. The Morgan fingerprint density at radius 2 is 1.82 bits per heavy atom. The molecule has 40 heavy (non-hydrogen) atoms. The van der Waals surface area contributed by atoms with E-state index in [9.17, 15) is 14.7 Å². The zero-order chi connectivity index (χ0) is 27.6. The van der Waals surface area contributed by atoms with Crippen molar-refractivity contribution in [3.8, 4) is 17.3 Å². The number of pyridine rings is 1. The fourth-order valence-corrected chi connectivity index (χ4v) is 6.05. The Morgan fingerprint density at radius 1 is 1.05 bits per heavy atom. The quantitative estimate of drug-likeness (QED) is 0.431. The molecule has 0 bridgehead atoms. The van der Waals surface area contributed by atoms with Crippen molar-refractivity contribution < 1.29 is 19.4 Å². The van der Waals surface area contributed by atoms with E-state index in [0.717, 1.165) is 35.4 Å². The van der Waals surface area contributed by atoms with Crippen LogP contribution in [0.4, 0.5) is 10.6 Å². The number of hydrogen-bond acceptors (Lipinski definition) is 7. The summed E-state index contributed by atoms with van der Waals surface area (Å²) in [6.07, 6.45) is 9.56. The highest BCUT2D eigenvalue weighted by Crippen LogP contribution is 2.35. The average Bonchev–Trinajstić information content (AvgIpc) is 3.38. The van der Waals surface area contributed by atoms with Gasteiger partial charge in [0.1, 0.15) is 17.3 Å². The molecule has 2 fully saturated rings. The minimum atomic E-state index is -0.451. The second-order valence-electron chi connectivity index (χ2n) is 11.0. The van der Waals surface area contributed by atoms with Gasteiger partial charge in [-0.1, -0.05) is 31.0 Å². The molecule has 3 amide bonds. The van der Waals surface area contributed by atoms with Crippen LogP contribution in [0.1, 0.15) is 67.8 Å². The molecular formula is C30H36N6O4. The van der Waals surface area contributed by atoms with Gasteiger partial charge in [0.15, 0.2) is 5.82 Å². The minimum Gasteiger partial charge on any atom is -0.490 e. The van der Waals surface area contributed by atoms with E-state index >= 15 is 0 Å². The van der Waals surface area contributed by atoms with E-state index in [4.69, 9.17) is 9.72 Å². The minimum absolute atomic E-state index is 0.0415. The van der Waals surface area contributed by atoms with Crippen LogP contribution >= 0.6 is 0 Å². The zero-order valence-corrected chi connectivity index (χ0v) is 22.9. The van der Waals surface area contributed by atoms with Crippen molar-refractivity contribution >= 4 is 17.8 Å². The van der Waals surface area contributed by atoms with E-state index in [-0.39, 0.29) is 25.0 Å². The maximum atomic E-state index is 12.3. The number of aromatic nitrogens is 3. The summed E-state index contributed by atoms with van der Waals surface area (Å²) in [5.41, 5.74) is 3.76. The monoisotopic (exact) mass is 544 g/mol. The number of ether oxygens (including phenoxy) is 1. The van der Waals surface area contributed by atoms with E-state index < -0.39 is 6.03 Å². The van der Waals surface area contributed by atoms with Crippen molar-refractivity contribution in [2.45, 2.75) is 70.2 Å². The molecule has 1 aliphatic carbocycles. The van der Waals surface area contributed by atoms with Gasteiger partial charge in [0.2, 0.25) is 5.91 Å². The highest BCUT2D eigenvalue weighted by Gasteiger charge is 2.32. The molecule has 2 aromatic heterocycles. The number of urea groups is 1. The summed E-state index contributed by atoms with van der Waals surface area (Å²) in [7, 11) is 1.83. The van der Waals surface area contributed by atoms with Crippen molar-refractivity contribution in [3.05, 3.63) is 59.4 Å². The number of amides is 3. The molecule has 1 unspecified atom stereocenters. The first-order valence-corrected chi connectivity index (χ1v) is 14.2. The lowest BCUT2D eigenvalue weighted by molar-refractivity contribution is -0.120. The topological polar surface area (TPSA) is 113 Å². The Bertz CT molecular complexity index is 1380. The summed E-state index contributed by atoms with van der Waals surface area (Å²) < 4.78 is 8.07. The lowest BCUT2D eigenvalue weighted by Crippen LogP contribution is -2.50. The van der Waals surface area contributed by atoms with Gasteiger partial charge in [-0.15, -0.1) is 0 Å². The lowest BCUT2D eigenvalue weighted by atomic mass is 10.1. The Balaban J connectivity index is 1.15. The van der Waals surface area contributed by atoms with Crippen LogP contribution in [0.3, 0.4) is 0 Å². The van der Waals surface area contributed by atoms with Crippen LogP contribution in [0, 0.1) is 0 Å². The summed E-state index contributed by atoms with van der Waals surface area (Å²) >= 11 is 0. The molecule has 210 valence electrons. The van der Waals surface area contributed by atoms with Crippen LogP contribution in [-0.4, -0.2) is 55.7 Å². The highest BCUT2D eigenvalue weighted by molar-refractivity contribution is 6.05. The molecule has 10 nitrogen and oxygen atoms in total. The Kier molecular flexibility index (Phi) is 7.53. The number of imide groups is 1. The summed E-state index contributed by atoms with van der Waals surface area (Å²) in [4.78, 5) is 37.1. The predicted molar refractivity (Wildman–Crippen MR) is 150 cm³/mol. The summed E-state index contributed by atoms with van der Waals surface area (Å²) in [6.45, 7) is 1.65. The number of benzene rings is 1. The maximum absolute atomic E-state index is 12.3. The third-order valence-corrected chi connectivity index (χ3v) is 8.25. The SMILES string of the molecule is Cn1c(N2CCC(=O)NC2=O)cnc1-c1ccc2c(n1)C(CO)N(Cc1ccc(OC3CCCCCC3)cc1)C2. The molecule has 0 spiro atoms. The fourth-order valence-electron chi connectivity index (χ4n) is 6.05. The summed E-state index contributed by atoms with van der Waals surface area (Å²) in [5, 5.41) is 12.7. The molecule has 2 N–H and O–H groups in total. The molecule has 0 radical (unpaired) electrons. The first-order valence-electron chi connectivity index (χ1n) is 14.2.